The highest BCUT2D eigenvalue weighted by Gasteiger charge is 2.14. The van der Waals surface area contributed by atoms with Gasteiger partial charge in [0.1, 0.15) is 5.69 Å². The number of carbonyl (C=O) groups excluding carboxylic acids is 1. The standard InChI is InChI=1S/C15H19N3O3/c1-3-4-8-14-13(10-19)16-17-18(14)12-7-5-6-11(9-12)15(20)21-2/h5-7,9,19H,3-4,8,10H2,1-2H3. The average Bonchev–Trinajstić information content (AvgIpc) is 2.95. The second kappa shape index (κ2) is 6.99. The fourth-order valence-electron chi connectivity index (χ4n) is 2.14. The number of hydrogen-bond acceptors (Lipinski definition) is 5. The number of carbonyl (C=O) groups is 1. The summed E-state index contributed by atoms with van der Waals surface area (Å²) in [6.07, 6.45) is 2.80. The van der Waals surface area contributed by atoms with E-state index in [-0.39, 0.29) is 6.61 Å². The molecule has 0 fully saturated rings. The molecule has 0 aliphatic rings. The molecule has 0 unspecified atom stereocenters. The van der Waals surface area contributed by atoms with E-state index in [1.807, 2.05) is 6.07 Å². The van der Waals surface area contributed by atoms with Crippen molar-refractivity contribution in [2.75, 3.05) is 7.11 Å². The van der Waals surface area contributed by atoms with Gasteiger partial charge in [-0.1, -0.05) is 24.6 Å². The Kier molecular flexibility index (Phi) is 5.05. The lowest BCUT2D eigenvalue weighted by Gasteiger charge is -2.08. The monoisotopic (exact) mass is 289 g/mol. The first-order valence-electron chi connectivity index (χ1n) is 6.94. The molecular weight excluding hydrogens is 270 g/mol. The Hall–Kier alpha value is -2.21. The van der Waals surface area contributed by atoms with Crippen LogP contribution in [0.1, 0.15) is 41.5 Å². The highest BCUT2D eigenvalue weighted by molar-refractivity contribution is 5.89. The summed E-state index contributed by atoms with van der Waals surface area (Å²) in [5.74, 6) is -0.394. The molecule has 0 saturated carbocycles. The van der Waals surface area contributed by atoms with Crippen LogP contribution in [-0.2, 0) is 17.8 Å². The second-order valence-electron chi connectivity index (χ2n) is 4.70. The third-order valence-electron chi connectivity index (χ3n) is 3.27. The lowest BCUT2D eigenvalue weighted by Crippen LogP contribution is -2.07. The Morgan fingerprint density at radius 3 is 2.90 bits per heavy atom. The molecule has 0 amide bonds. The van der Waals surface area contributed by atoms with Crippen LogP contribution >= 0.6 is 0 Å². The Morgan fingerprint density at radius 2 is 2.24 bits per heavy atom. The molecule has 0 spiro atoms. The van der Waals surface area contributed by atoms with Crippen LogP contribution < -0.4 is 0 Å². The topological polar surface area (TPSA) is 77.2 Å². The largest absolute Gasteiger partial charge is 0.465 e. The van der Waals surface area contributed by atoms with Crippen molar-refractivity contribution in [1.82, 2.24) is 15.0 Å². The van der Waals surface area contributed by atoms with Gasteiger partial charge in [-0.2, -0.15) is 0 Å². The Balaban J connectivity index is 2.41. The molecule has 1 N–H and O–H groups in total. The van der Waals surface area contributed by atoms with E-state index in [4.69, 9.17) is 4.74 Å². The lowest BCUT2D eigenvalue weighted by atomic mass is 10.1. The maximum absolute atomic E-state index is 11.6. The first kappa shape index (κ1) is 15.2. The molecule has 6 nitrogen and oxygen atoms in total. The molecule has 1 aromatic heterocycles. The maximum Gasteiger partial charge on any atom is 0.337 e. The molecule has 0 aliphatic heterocycles. The molecule has 2 aromatic rings. The predicted octanol–water partition coefficient (Wildman–Crippen LogP) is 1.89. The van der Waals surface area contributed by atoms with Crippen LogP contribution in [0, 0.1) is 0 Å². The Morgan fingerprint density at radius 1 is 1.43 bits per heavy atom. The molecule has 0 radical (unpaired) electrons. The van der Waals surface area contributed by atoms with Gasteiger partial charge in [0, 0.05) is 0 Å². The zero-order valence-electron chi connectivity index (χ0n) is 12.2. The molecule has 0 atom stereocenters. The smallest absolute Gasteiger partial charge is 0.337 e. The minimum atomic E-state index is -0.394. The normalized spacial score (nSPS) is 10.6. The van der Waals surface area contributed by atoms with Crippen molar-refractivity contribution >= 4 is 5.97 Å². The average molecular weight is 289 g/mol. The van der Waals surface area contributed by atoms with Crippen molar-refractivity contribution in [3.8, 4) is 5.69 Å². The van der Waals surface area contributed by atoms with Gasteiger partial charge in [0.25, 0.3) is 0 Å². The summed E-state index contributed by atoms with van der Waals surface area (Å²) in [5, 5.41) is 17.5. The van der Waals surface area contributed by atoms with Gasteiger partial charge in [0.15, 0.2) is 0 Å². The zero-order chi connectivity index (χ0) is 15.2. The van der Waals surface area contributed by atoms with Crippen LogP contribution in [0.3, 0.4) is 0 Å². The van der Waals surface area contributed by atoms with Gasteiger partial charge in [-0.25, -0.2) is 9.48 Å². The fraction of sp³-hybridized carbons (Fsp3) is 0.400. The summed E-state index contributed by atoms with van der Waals surface area (Å²) >= 11 is 0. The number of aromatic nitrogens is 3. The van der Waals surface area contributed by atoms with Crippen LogP contribution in [0.25, 0.3) is 5.69 Å². The van der Waals surface area contributed by atoms with Crippen molar-refractivity contribution in [2.24, 2.45) is 0 Å². The van der Waals surface area contributed by atoms with Crippen molar-refractivity contribution in [1.29, 1.82) is 0 Å². The van der Waals surface area contributed by atoms with Crippen molar-refractivity contribution in [3.63, 3.8) is 0 Å². The predicted molar refractivity (Wildman–Crippen MR) is 77.2 cm³/mol. The van der Waals surface area contributed by atoms with Gasteiger partial charge < -0.3 is 9.84 Å². The van der Waals surface area contributed by atoms with Crippen molar-refractivity contribution in [3.05, 3.63) is 41.2 Å². The summed E-state index contributed by atoms with van der Waals surface area (Å²) in [4.78, 5) is 11.6. The van der Waals surface area contributed by atoms with Crippen molar-refractivity contribution in [2.45, 2.75) is 32.8 Å². The highest BCUT2D eigenvalue weighted by atomic mass is 16.5. The molecular formula is C15H19N3O3. The molecule has 1 heterocycles. The summed E-state index contributed by atoms with van der Waals surface area (Å²) in [5.41, 5.74) is 2.64. The van der Waals surface area contributed by atoms with E-state index >= 15 is 0 Å². The number of nitrogens with zero attached hydrogens (tertiary/aromatic N) is 3. The number of hydrogen-bond donors (Lipinski definition) is 1. The van der Waals surface area contributed by atoms with Crippen LogP contribution in [0.5, 0.6) is 0 Å². The van der Waals surface area contributed by atoms with Crippen LogP contribution in [-0.4, -0.2) is 33.2 Å². The number of methoxy groups -OCH3 is 1. The van der Waals surface area contributed by atoms with E-state index in [2.05, 4.69) is 17.2 Å². The van der Waals surface area contributed by atoms with E-state index in [0.717, 1.165) is 30.6 Å². The van der Waals surface area contributed by atoms with E-state index in [1.165, 1.54) is 7.11 Å². The highest BCUT2D eigenvalue weighted by Crippen LogP contribution is 2.17. The molecule has 0 bridgehead atoms. The van der Waals surface area contributed by atoms with Gasteiger partial charge in [0.2, 0.25) is 0 Å². The molecule has 2 rings (SSSR count). The Bertz CT molecular complexity index is 622. The third-order valence-corrected chi connectivity index (χ3v) is 3.27. The molecule has 0 aliphatic carbocycles. The van der Waals surface area contributed by atoms with Gasteiger partial charge in [-0.15, -0.1) is 5.10 Å². The van der Waals surface area contributed by atoms with Crippen LogP contribution in [0.4, 0.5) is 0 Å². The quantitative estimate of drug-likeness (QED) is 0.822. The van der Waals surface area contributed by atoms with Crippen LogP contribution in [0.15, 0.2) is 24.3 Å². The first-order valence-corrected chi connectivity index (χ1v) is 6.94. The molecule has 0 saturated heterocycles. The van der Waals surface area contributed by atoms with Crippen molar-refractivity contribution < 1.29 is 14.6 Å². The molecule has 112 valence electrons. The van der Waals surface area contributed by atoms with Gasteiger partial charge in [0.05, 0.1) is 30.7 Å². The van der Waals surface area contributed by atoms with Gasteiger partial charge >= 0.3 is 5.97 Å². The van der Waals surface area contributed by atoms with E-state index in [0.29, 0.717) is 11.3 Å². The molecule has 21 heavy (non-hydrogen) atoms. The van der Waals surface area contributed by atoms with Crippen LogP contribution in [0.2, 0.25) is 0 Å². The summed E-state index contributed by atoms with van der Waals surface area (Å²) in [6, 6.07) is 7.01. The summed E-state index contributed by atoms with van der Waals surface area (Å²) < 4.78 is 6.40. The third kappa shape index (κ3) is 3.28. The van der Waals surface area contributed by atoms with E-state index < -0.39 is 5.97 Å². The summed E-state index contributed by atoms with van der Waals surface area (Å²) in [6.45, 7) is 1.96. The number of unbranched alkanes of at least 4 members (excludes halogenated alkanes) is 1. The molecule has 1 aromatic carbocycles. The SMILES string of the molecule is CCCCc1c(CO)nnn1-c1cccc(C(=O)OC)c1. The summed E-state index contributed by atoms with van der Waals surface area (Å²) in [7, 11) is 1.35. The number of benzene rings is 1. The minimum Gasteiger partial charge on any atom is -0.465 e. The van der Waals surface area contributed by atoms with Gasteiger partial charge in [-0.3, -0.25) is 0 Å². The number of aliphatic hydroxyl groups excluding tert-OH is 1. The number of aliphatic hydroxyl groups is 1. The molecule has 6 heteroatoms. The Labute approximate surface area is 123 Å². The zero-order valence-corrected chi connectivity index (χ0v) is 12.2. The fourth-order valence-corrected chi connectivity index (χ4v) is 2.14. The number of esters is 1. The van der Waals surface area contributed by atoms with E-state index in [1.54, 1.807) is 22.9 Å². The minimum absolute atomic E-state index is 0.143. The van der Waals surface area contributed by atoms with Gasteiger partial charge in [-0.05, 0) is 31.0 Å². The number of ether oxygens (including phenoxy) is 1. The first-order chi connectivity index (χ1) is 10.2. The number of rotatable bonds is 6. The maximum atomic E-state index is 11.6. The lowest BCUT2D eigenvalue weighted by molar-refractivity contribution is 0.0600. The van der Waals surface area contributed by atoms with E-state index in [9.17, 15) is 9.90 Å². The second-order valence-corrected chi connectivity index (χ2v) is 4.70.